The van der Waals surface area contributed by atoms with E-state index < -0.39 is 0 Å². The number of morpholine rings is 1. The van der Waals surface area contributed by atoms with Crippen molar-refractivity contribution in [2.75, 3.05) is 51.8 Å². The summed E-state index contributed by atoms with van der Waals surface area (Å²) in [7, 11) is 3.98. The number of ether oxygens (including phenoxy) is 1. The zero-order chi connectivity index (χ0) is 15.9. The van der Waals surface area contributed by atoms with E-state index in [1.54, 1.807) is 6.21 Å². The van der Waals surface area contributed by atoms with Gasteiger partial charge in [-0.3, -0.25) is 4.79 Å². The number of hydrogen-bond donors (Lipinski definition) is 2. The predicted molar refractivity (Wildman–Crippen MR) is 90.6 cm³/mol. The minimum absolute atomic E-state index is 0.0721. The van der Waals surface area contributed by atoms with Crippen LogP contribution in [0.4, 0.5) is 5.69 Å². The zero-order valence-electron chi connectivity index (χ0n) is 12.9. The molecule has 1 amide bonds. The first-order chi connectivity index (χ1) is 10.6. The third-order valence-corrected chi connectivity index (χ3v) is 4.10. The highest BCUT2D eigenvalue weighted by Crippen LogP contribution is 2.25. The van der Waals surface area contributed by atoms with Gasteiger partial charge in [-0.25, -0.2) is 5.43 Å². The van der Waals surface area contributed by atoms with Crippen LogP contribution in [-0.2, 0) is 9.53 Å². The molecule has 1 fully saturated rings. The van der Waals surface area contributed by atoms with Gasteiger partial charge in [-0.05, 0) is 33.6 Å². The molecule has 0 saturated carbocycles. The molecule has 0 aromatic heterocycles. The van der Waals surface area contributed by atoms with Gasteiger partial charge in [0.25, 0.3) is 5.91 Å². The summed E-state index contributed by atoms with van der Waals surface area (Å²) in [6.07, 6.45) is 1.65. The largest absolute Gasteiger partial charge is 0.377 e. The normalized spacial score (nSPS) is 16.0. The fraction of sp³-hybridized carbons (Fsp3) is 0.467. The zero-order valence-corrected chi connectivity index (χ0v) is 14.5. The van der Waals surface area contributed by atoms with E-state index in [1.165, 1.54) is 4.90 Å². The number of carbonyl (C=O) groups is 1. The molecule has 2 N–H and O–H groups in total. The number of carbonyl (C=O) groups excluding carboxylic acids is 1. The molecule has 0 spiro atoms. The van der Waals surface area contributed by atoms with Crippen molar-refractivity contribution < 1.29 is 14.4 Å². The van der Waals surface area contributed by atoms with Gasteiger partial charge in [0.05, 0.1) is 25.1 Å². The average Bonchev–Trinajstić information content (AvgIpc) is 2.48. The Labute approximate surface area is 139 Å². The van der Waals surface area contributed by atoms with Crippen LogP contribution in [-0.4, -0.2) is 59.1 Å². The second kappa shape index (κ2) is 8.26. The summed E-state index contributed by atoms with van der Waals surface area (Å²) in [6, 6.07) is 5.94. The molecule has 7 heteroatoms. The van der Waals surface area contributed by atoms with Crippen molar-refractivity contribution in [3.63, 3.8) is 0 Å². The van der Waals surface area contributed by atoms with E-state index in [4.69, 9.17) is 4.74 Å². The molecule has 0 radical (unpaired) electrons. The average molecular weight is 370 g/mol. The third kappa shape index (κ3) is 5.08. The number of anilines is 1. The van der Waals surface area contributed by atoms with Crippen molar-refractivity contribution >= 4 is 33.7 Å². The van der Waals surface area contributed by atoms with Crippen molar-refractivity contribution in [1.29, 1.82) is 0 Å². The van der Waals surface area contributed by atoms with Crippen LogP contribution in [0, 0.1) is 0 Å². The molecule has 1 saturated heterocycles. The molecular formula is C15H22BrN4O2+. The number of quaternary nitrogens is 1. The number of hydrazone groups is 1. The van der Waals surface area contributed by atoms with E-state index in [2.05, 4.69) is 26.5 Å². The maximum atomic E-state index is 11.8. The summed E-state index contributed by atoms with van der Waals surface area (Å²) in [5.74, 6) is -0.0721. The first-order valence-electron chi connectivity index (χ1n) is 7.26. The number of hydrogen-bond acceptors (Lipinski definition) is 4. The summed E-state index contributed by atoms with van der Waals surface area (Å²) in [4.78, 5) is 15.1. The highest BCUT2D eigenvalue weighted by Gasteiger charge is 2.16. The van der Waals surface area contributed by atoms with Crippen LogP contribution in [0.2, 0.25) is 0 Å². The second-order valence-electron chi connectivity index (χ2n) is 5.44. The van der Waals surface area contributed by atoms with Crippen LogP contribution in [0.15, 0.2) is 27.8 Å². The lowest BCUT2D eigenvalue weighted by atomic mass is 10.2. The van der Waals surface area contributed by atoms with Crippen LogP contribution in [0.1, 0.15) is 5.56 Å². The van der Waals surface area contributed by atoms with Gasteiger partial charge in [-0.1, -0.05) is 6.07 Å². The maximum absolute atomic E-state index is 11.8. The molecular weight excluding hydrogens is 348 g/mol. The third-order valence-electron chi connectivity index (χ3n) is 3.47. The van der Waals surface area contributed by atoms with Crippen molar-refractivity contribution in [1.82, 2.24) is 5.43 Å². The molecule has 6 nitrogen and oxygen atoms in total. The topological polar surface area (TPSA) is 58.4 Å². The molecule has 2 rings (SSSR count). The van der Waals surface area contributed by atoms with E-state index in [1.807, 2.05) is 37.2 Å². The van der Waals surface area contributed by atoms with Crippen LogP contribution < -0.4 is 15.2 Å². The van der Waals surface area contributed by atoms with Crippen molar-refractivity contribution in [3.05, 3.63) is 28.2 Å². The van der Waals surface area contributed by atoms with Gasteiger partial charge in [-0.2, -0.15) is 5.10 Å². The number of halogens is 1. The molecule has 1 aliphatic heterocycles. The molecule has 0 atom stereocenters. The van der Waals surface area contributed by atoms with E-state index in [0.29, 0.717) is 6.54 Å². The van der Waals surface area contributed by atoms with Crippen molar-refractivity contribution in [2.45, 2.75) is 0 Å². The standard InChI is InChI=1S/C15H21BrN4O2/c1-19(2)14-4-3-12(9-13(14)16)10-17-18-15(21)11-20-5-7-22-8-6-20/h3-4,9-10H,5-8,11H2,1-2H3,(H,18,21)/p+1. The van der Waals surface area contributed by atoms with Gasteiger partial charge >= 0.3 is 0 Å². The SMILES string of the molecule is CN(C)c1ccc(C=NNC(=O)C[NH+]2CCOCC2)cc1Br. The summed E-state index contributed by atoms with van der Waals surface area (Å²) < 4.78 is 6.26. The number of rotatable bonds is 5. The van der Waals surface area contributed by atoms with Gasteiger partial charge in [-0.15, -0.1) is 0 Å². The molecule has 1 aliphatic rings. The smallest absolute Gasteiger partial charge is 0.295 e. The predicted octanol–water partition coefficient (Wildman–Crippen LogP) is -0.120. The summed E-state index contributed by atoms with van der Waals surface area (Å²) in [5, 5.41) is 4.02. The highest BCUT2D eigenvalue weighted by atomic mass is 79.9. The van der Waals surface area contributed by atoms with Gasteiger partial charge in [0.1, 0.15) is 13.1 Å². The summed E-state index contributed by atoms with van der Waals surface area (Å²) in [6.45, 7) is 3.62. The molecule has 120 valence electrons. The van der Waals surface area contributed by atoms with Crippen molar-refractivity contribution in [3.8, 4) is 0 Å². The van der Waals surface area contributed by atoms with Gasteiger partial charge in [0.15, 0.2) is 6.54 Å². The van der Waals surface area contributed by atoms with E-state index in [9.17, 15) is 4.79 Å². The van der Waals surface area contributed by atoms with E-state index in [-0.39, 0.29) is 5.91 Å². The molecule has 1 aromatic carbocycles. The van der Waals surface area contributed by atoms with Crippen LogP contribution in [0.5, 0.6) is 0 Å². The Hall–Kier alpha value is -1.44. The van der Waals surface area contributed by atoms with Gasteiger partial charge in [0, 0.05) is 18.6 Å². The fourth-order valence-corrected chi connectivity index (χ4v) is 3.00. The Morgan fingerprint density at radius 1 is 1.45 bits per heavy atom. The molecule has 0 bridgehead atoms. The summed E-state index contributed by atoms with van der Waals surface area (Å²) >= 11 is 3.53. The fourth-order valence-electron chi connectivity index (χ4n) is 2.25. The Balaban J connectivity index is 1.84. The molecule has 0 unspecified atom stereocenters. The van der Waals surface area contributed by atoms with E-state index in [0.717, 1.165) is 42.0 Å². The quantitative estimate of drug-likeness (QED) is 0.562. The van der Waals surface area contributed by atoms with Crippen LogP contribution in [0.3, 0.4) is 0 Å². The van der Waals surface area contributed by atoms with E-state index >= 15 is 0 Å². The Kier molecular flexibility index (Phi) is 6.35. The Morgan fingerprint density at radius 3 is 2.82 bits per heavy atom. The number of nitrogens with one attached hydrogen (secondary N) is 2. The summed E-state index contributed by atoms with van der Waals surface area (Å²) in [5.41, 5.74) is 4.60. The first-order valence-corrected chi connectivity index (χ1v) is 8.05. The second-order valence-corrected chi connectivity index (χ2v) is 6.29. The molecule has 1 heterocycles. The highest BCUT2D eigenvalue weighted by molar-refractivity contribution is 9.10. The Morgan fingerprint density at radius 2 is 2.18 bits per heavy atom. The first kappa shape index (κ1) is 16.9. The monoisotopic (exact) mass is 369 g/mol. The number of benzene rings is 1. The lowest BCUT2D eigenvalue weighted by Crippen LogP contribution is -3.15. The molecule has 22 heavy (non-hydrogen) atoms. The maximum Gasteiger partial charge on any atom is 0.295 e. The molecule has 1 aromatic rings. The number of nitrogens with zero attached hydrogens (tertiary/aromatic N) is 2. The molecule has 0 aliphatic carbocycles. The van der Waals surface area contributed by atoms with Gasteiger partial charge < -0.3 is 14.5 Å². The van der Waals surface area contributed by atoms with Crippen LogP contribution in [0.25, 0.3) is 0 Å². The van der Waals surface area contributed by atoms with Crippen molar-refractivity contribution in [2.24, 2.45) is 5.10 Å². The number of amides is 1. The lowest BCUT2D eigenvalue weighted by Gasteiger charge is -2.22. The Bertz CT molecular complexity index is 542. The lowest BCUT2D eigenvalue weighted by molar-refractivity contribution is -0.900. The minimum Gasteiger partial charge on any atom is -0.377 e. The van der Waals surface area contributed by atoms with Gasteiger partial charge in [0.2, 0.25) is 0 Å². The van der Waals surface area contributed by atoms with Crippen LogP contribution >= 0.6 is 15.9 Å². The minimum atomic E-state index is -0.0721.